The number of hydrogen-bond donors (Lipinski definition) is 5. The fourth-order valence-corrected chi connectivity index (χ4v) is 7.72. The Morgan fingerprint density at radius 2 is 1.49 bits per heavy atom. The average Bonchev–Trinajstić information content (AvgIpc) is 4.06. The summed E-state index contributed by atoms with van der Waals surface area (Å²) in [5.41, 5.74) is 17.5. The van der Waals surface area contributed by atoms with Crippen LogP contribution in [0, 0.1) is 6.57 Å². The van der Waals surface area contributed by atoms with Crippen molar-refractivity contribution in [3.05, 3.63) is 155 Å². The quantitative estimate of drug-likeness (QED) is 0.0416. The van der Waals surface area contributed by atoms with Crippen LogP contribution in [-0.2, 0) is 27.0 Å². The Kier molecular flexibility index (Phi) is 16.7. The van der Waals surface area contributed by atoms with Gasteiger partial charge in [-0.15, -0.1) is 5.16 Å². The Labute approximate surface area is 407 Å². The molecular weight excluding hydrogens is 901 g/mol. The monoisotopic (exact) mass is 957 g/mol. The van der Waals surface area contributed by atoms with E-state index in [9.17, 15) is 19.6 Å². The van der Waals surface area contributed by atoms with Crippen LogP contribution in [0.1, 0.15) is 80.1 Å². The summed E-state index contributed by atoms with van der Waals surface area (Å²) in [5, 5.41) is 26.1. The molecule has 4 aromatic carbocycles. The minimum atomic E-state index is -1.84. The summed E-state index contributed by atoms with van der Waals surface area (Å²) in [5.74, 6) is 0.991. The number of nitrogens with one attached hydrogen (secondary N) is 3. The maximum atomic E-state index is 11.5. The lowest BCUT2D eigenvalue weighted by atomic mass is 10.1. The summed E-state index contributed by atoms with van der Waals surface area (Å²) in [4.78, 5) is 52.5. The summed E-state index contributed by atoms with van der Waals surface area (Å²) >= 11 is 0. The molecule has 17 nitrogen and oxygen atoms in total. The van der Waals surface area contributed by atoms with Gasteiger partial charge in [0.15, 0.2) is 5.65 Å². The van der Waals surface area contributed by atoms with Gasteiger partial charge in [-0.25, -0.2) is 9.97 Å². The first-order valence-electron chi connectivity index (χ1n) is 22.4. The lowest BCUT2D eigenvalue weighted by Crippen LogP contribution is -2.39. The summed E-state index contributed by atoms with van der Waals surface area (Å²) in [6.45, 7) is 19.3. The molecule has 0 unspecified atom stereocenters. The van der Waals surface area contributed by atoms with Crippen LogP contribution in [0.3, 0.4) is 0 Å². The van der Waals surface area contributed by atoms with E-state index in [1.54, 1.807) is 49.1 Å². The number of nitrogens with two attached hydrogens (primary N) is 1. The number of imidazole rings is 1. The predicted octanol–water partition coefficient (Wildman–Crippen LogP) is 10.7. The van der Waals surface area contributed by atoms with Gasteiger partial charge in [0.25, 0.3) is 14.9 Å². The minimum absolute atomic E-state index is 0.126. The number of benzene rings is 4. The van der Waals surface area contributed by atoms with E-state index < -0.39 is 8.32 Å². The molecule has 0 aliphatic heterocycles. The maximum absolute atomic E-state index is 11.5. The highest BCUT2D eigenvalue weighted by Gasteiger charge is 2.40. The third-order valence-electron chi connectivity index (χ3n) is 11.6. The van der Waals surface area contributed by atoms with Crippen LogP contribution < -0.4 is 21.7 Å². The van der Waals surface area contributed by atoms with Crippen LogP contribution in [-0.4, -0.2) is 67.4 Å². The van der Waals surface area contributed by atoms with Crippen molar-refractivity contribution < 1.29 is 24.1 Å². The maximum Gasteiger partial charge on any atom is 0.340 e. The summed E-state index contributed by atoms with van der Waals surface area (Å²) in [6.07, 6.45) is 14.1. The van der Waals surface area contributed by atoms with Crippen molar-refractivity contribution in [1.29, 1.82) is 0 Å². The van der Waals surface area contributed by atoms with E-state index >= 15 is 0 Å². The van der Waals surface area contributed by atoms with Gasteiger partial charge in [-0.1, -0.05) is 56.3 Å². The van der Waals surface area contributed by atoms with E-state index in [1.807, 2.05) is 65.2 Å². The van der Waals surface area contributed by atoms with Crippen LogP contribution in [0.15, 0.2) is 132 Å². The Balaban J connectivity index is 0.000000175. The molecule has 0 atom stereocenters. The van der Waals surface area contributed by atoms with Gasteiger partial charge >= 0.3 is 5.69 Å². The zero-order chi connectivity index (χ0) is 50.4. The second-order valence-corrected chi connectivity index (χ2v) is 22.5. The van der Waals surface area contributed by atoms with Gasteiger partial charge in [0.1, 0.15) is 23.6 Å². The molecule has 2 aliphatic carbocycles. The number of aryl methyl sites for hydroxylation is 2. The van der Waals surface area contributed by atoms with Gasteiger partial charge in [-0.05, 0) is 102 Å². The van der Waals surface area contributed by atoms with Crippen LogP contribution in [0.2, 0.25) is 18.1 Å². The Hall–Kier alpha value is -8.56. The van der Waals surface area contributed by atoms with Crippen LogP contribution >= 0.6 is 0 Å². The molecular formula is C52H57N12O5Si+. The van der Waals surface area contributed by atoms with Gasteiger partial charge < -0.3 is 31.4 Å². The van der Waals surface area contributed by atoms with Gasteiger partial charge in [-0.2, -0.15) is 0 Å². The molecule has 0 fully saturated rings. The van der Waals surface area contributed by atoms with Crippen molar-refractivity contribution >= 4 is 77.9 Å². The molecule has 2 amide bonds. The van der Waals surface area contributed by atoms with Gasteiger partial charge in [-0.3, -0.25) is 28.8 Å². The van der Waals surface area contributed by atoms with Crippen molar-refractivity contribution in [3.8, 4) is 17.8 Å². The molecule has 0 spiro atoms. The predicted molar refractivity (Wildman–Crippen MR) is 279 cm³/mol. The highest BCUT2D eigenvalue weighted by atomic mass is 28.4. The molecule has 6 N–H and O–H groups in total. The molecule has 0 saturated carbocycles. The summed E-state index contributed by atoms with van der Waals surface area (Å²) in [7, 11) is -1.84. The average molecular weight is 958 g/mol. The number of amides is 2. The first-order chi connectivity index (χ1) is 33.5. The van der Waals surface area contributed by atoms with Crippen LogP contribution in [0.4, 0.5) is 34.4 Å². The van der Waals surface area contributed by atoms with Crippen molar-refractivity contribution in [2.75, 3.05) is 21.7 Å². The third-order valence-corrected chi connectivity index (χ3v) is 15.8. The fraction of sp³-hybridized carbons (Fsp3) is 0.231. The van der Waals surface area contributed by atoms with Crippen molar-refractivity contribution in [2.45, 2.75) is 78.4 Å². The number of aromatic nitrogens is 5. The lowest BCUT2D eigenvalue weighted by Gasteiger charge is -2.33. The van der Waals surface area contributed by atoms with E-state index in [0.29, 0.717) is 28.4 Å². The number of nitrogen functional groups attached to an aromatic ring is 1. The van der Waals surface area contributed by atoms with Gasteiger partial charge in [0.2, 0.25) is 11.8 Å². The fourth-order valence-electron chi connectivity index (χ4n) is 7.10. The zero-order valence-electron chi connectivity index (χ0n) is 40.3. The molecule has 7 aromatic rings. The molecule has 0 saturated heterocycles. The molecule has 358 valence electrons. The van der Waals surface area contributed by atoms with E-state index in [4.69, 9.17) is 21.8 Å². The smallest absolute Gasteiger partial charge is 0.340 e. The number of nitrogens with zero attached hydrogens (tertiary/aromatic N) is 8. The number of oxime groups is 2. The zero-order valence-corrected chi connectivity index (χ0v) is 41.3. The van der Waals surface area contributed by atoms with Crippen molar-refractivity contribution in [2.24, 2.45) is 10.3 Å². The molecule has 70 heavy (non-hydrogen) atoms. The highest BCUT2D eigenvalue weighted by Crippen LogP contribution is 2.38. The molecule has 0 radical (unpaired) electrons. The van der Waals surface area contributed by atoms with E-state index in [1.165, 1.54) is 31.2 Å². The van der Waals surface area contributed by atoms with Crippen molar-refractivity contribution in [3.63, 3.8) is 0 Å². The molecule has 9 rings (SSSR count). The normalized spacial score (nSPS) is 13.5. The number of aldehydes is 1. The van der Waals surface area contributed by atoms with E-state index in [0.717, 1.165) is 83.0 Å². The minimum Gasteiger partial charge on any atom is -0.455 e. The molecule has 18 heteroatoms. The second kappa shape index (κ2) is 23.0. The lowest BCUT2D eigenvalue weighted by molar-refractivity contribution is -0.115. The van der Waals surface area contributed by atoms with E-state index in [2.05, 4.69) is 86.0 Å². The van der Waals surface area contributed by atoms with Crippen LogP contribution in [0.5, 0.6) is 0 Å². The first kappa shape index (κ1) is 50.8. The number of anilines is 5. The Bertz CT molecular complexity index is 3100. The first-order valence-corrected chi connectivity index (χ1v) is 25.3. The van der Waals surface area contributed by atoms with Crippen LogP contribution in [0.25, 0.3) is 21.7 Å². The van der Waals surface area contributed by atoms with Crippen molar-refractivity contribution in [1.82, 2.24) is 24.3 Å². The molecule has 3 aromatic heterocycles. The second-order valence-electron chi connectivity index (χ2n) is 17.8. The van der Waals surface area contributed by atoms with Gasteiger partial charge in [0.05, 0.1) is 23.8 Å². The largest absolute Gasteiger partial charge is 0.455 e. The third kappa shape index (κ3) is 13.3. The molecule has 0 bridgehead atoms. The summed E-state index contributed by atoms with van der Waals surface area (Å²) in [6, 6.07) is 26.3. The number of rotatable bonds is 8. The topological polar surface area (TPSA) is 228 Å². The molecule has 2 aliphatic rings. The number of carbonyl (C=O) groups is 3. The number of hydrogen-bond acceptors (Lipinski definition) is 13. The highest BCUT2D eigenvalue weighted by molar-refractivity contribution is 6.74. The SMILES string of the molecule is C#[N+]c1ccc2c(c1)CCC2=NO[Si](C)(C)C(C)(C)C.CC(=O)Nc1cccc(-c2nc3cnccn3c2Nc2ccc3c(c2)CCC3=NO)c1.CC(=O)Nc1cccc(C=O)c1.Nc1cnccn1. The van der Waals surface area contributed by atoms with Gasteiger partial charge in [0, 0.05) is 90.1 Å². The number of carbonyl (C=O) groups excluding carboxylic acids is 3. The Morgan fingerprint density at radius 1 is 0.829 bits per heavy atom. The molecule has 3 heterocycles. The van der Waals surface area contributed by atoms with E-state index in [-0.39, 0.29) is 16.9 Å². The standard InChI is InChI=1S/C23H20N6O2.C16H23N2OSi.C9H9NO2.C4H5N3/c1-14(30)25-17-4-2-3-16(12-17)22-23(29-10-9-24-13-21(29)27-22)26-18-6-7-19-15(11-18)5-8-20(19)28-31;1-16(2,3)20(5,6)19-18-15-10-7-12-11-13(17-4)8-9-14(12)15;1-7(12)10-9-4-2-3-8(5-9)6-11;5-4-3-6-1-2-7-4/h2-4,6-7,9-13,26,31H,5,8H2,1H3,(H,25,30);4,8-9,11H,7,10H2,1-3,5-6H3;2-6H,1H3,(H,10,12);1-3H,(H2,5,7)/q;+1;;. The Morgan fingerprint density at radius 3 is 2.11 bits per heavy atom. The number of fused-ring (bicyclic) bond motifs is 3. The summed E-state index contributed by atoms with van der Waals surface area (Å²) < 4.78 is 7.92.